The Labute approximate surface area is 232 Å². The monoisotopic (exact) mass is 565 g/mol. The van der Waals surface area contributed by atoms with Gasteiger partial charge in [-0.2, -0.15) is 18.4 Å². The number of aryl methyl sites for hydroxylation is 1. The Balaban J connectivity index is 1.58. The number of nitriles is 1. The number of nitrogens with one attached hydrogen (secondary N) is 1. The fourth-order valence-electron chi connectivity index (χ4n) is 4.65. The largest absolute Gasteiger partial charge is 0.433 e. The first kappa shape index (κ1) is 27.9. The van der Waals surface area contributed by atoms with Crippen LogP contribution in [0.2, 0.25) is 0 Å². The zero-order chi connectivity index (χ0) is 29.3. The van der Waals surface area contributed by atoms with E-state index in [0.717, 1.165) is 11.0 Å². The number of aromatic nitrogens is 4. The summed E-state index contributed by atoms with van der Waals surface area (Å²) in [6.45, 7) is 0.949. The van der Waals surface area contributed by atoms with Gasteiger partial charge in [-0.1, -0.05) is 6.07 Å². The third kappa shape index (κ3) is 5.52. The van der Waals surface area contributed by atoms with Crippen molar-refractivity contribution in [2.45, 2.75) is 19.3 Å². The maximum Gasteiger partial charge on any atom is 0.433 e. The molecule has 5 rings (SSSR count). The lowest BCUT2D eigenvalue weighted by molar-refractivity contribution is -0.141. The van der Waals surface area contributed by atoms with E-state index in [1.807, 2.05) is 6.07 Å². The number of carbonyl (C=O) groups is 1. The van der Waals surface area contributed by atoms with E-state index in [0.29, 0.717) is 35.7 Å². The summed E-state index contributed by atoms with van der Waals surface area (Å²) in [7, 11) is 3.21. The number of nitrogens with zero attached hydrogens (tertiary/aromatic N) is 6. The Morgan fingerprint density at radius 1 is 1.12 bits per heavy atom. The number of halogens is 4. The van der Waals surface area contributed by atoms with E-state index in [-0.39, 0.29) is 41.2 Å². The average molecular weight is 566 g/mol. The van der Waals surface area contributed by atoms with Crippen LogP contribution in [0.15, 0.2) is 48.8 Å². The Hall–Kier alpha value is -4.67. The first-order valence-electron chi connectivity index (χ1n) is 12.4. The number of alkyl halides is 3. The van der Waals surface area contributed by atoms with Crippen LogP contribution in [0.1, 0.15) is 32.7 Å². The fraction of sp³-hybridized carbons (Fsp3) is 0.250. The maximum absolute atomic E-state index is 15.0. The molecular weight excluding hydrogens is 542 g/mol. The van der Waals surface area contributed by atoms with Gasteiger partial charge in [-0.25, -0.2) is 9.37 Å². The summed E-state index contributed by atoms with van der Waals surface area (Å²) >= 11 is 0. The van der Waals surface area contributed by atoms with Crippen molar-refractivity contribution >= 4 is 11.7 Å². The van der Waals surface area contributed by atoms with Crippen LogP contribution in [-0.4, -0.2) is 45.9 Å². The number of benzene rings is 2. The smallest absolute Gasteiger partial charge is 0.383 e. The van der Waals surface area contributed by atoms with Gasteiger partial charge in [0.2, 0.25) is 0 Å². The highest BCUT2D eigenvalue weighted by Crippen LogP contribution is 2.39. The molecule has 3 heterocycles. The van der Waals surface area contributed by atoms with Crippen molar-refractivity contribution in [3.05, 3.63) is 82.6 Å². The number of hydrogen-bond donors (Lipinski definition) is 1. The van der Waals surface area contributed by atoms with E-state index in [1.54, 1.807) is 18.7 Å². The molecule has 9 nitrogen and oxygen atoms in total. The first-order valence-corrected chi connectivity index (χ1v) is 12.4. The highest BCUT2D eigenvalue weighted by atomic mass is 19.4. The molecule has 13 heteroatoms. The van der Waals surface area contributed by atoms with E-state index >= 15 is 4.39 Å². The second kappa shape index (κ2) is 11.1. The minimum absolute atomic E-state index is 0.0625. The van der Waals surface area contributed by atoms with Crippen molar-refractivity contribution in [1.82, 2.24) is 25.1 Å². The van der Waals surface area contributed by atoms with Crippen molar-refractivity contribution in [2.75, 3.05) is 25.2 Å². The van der Waals surface area contributed by atoms with Crippen LogP contribution in [0.4, 0.5) is 23.4 Å². The summed E-state index contributed by atoms with van der Waals surface area (Å²) in [6, 6.07) is 11.5. The highest BCUT2D eigenvalue weighted by Gasteiger charge is 2.37. The summed E-state index contributed by atoms with van der Waals surface area (Å²) < 4.78 is 63.7. The maximum atomic E-state index is 15.0. The standard InChI is InChI=1S/C28H23F4N7O2/c1-38-15-35-37-26(38)20-7-16(12-33)3-4-19(20)18-10-24(28(30,31)32)36-25(11-18)39-14-22-21(27(39)40)8-17(9-23(22)29)13-34-5-6-41-2/h3-4,7-11,15,34H,5-6,13-14H2,1-2H3. The van der Waals surface area contributed by atoms with Crippen LogP contribution < -0.4 is 10.2 Å². The topological polar surface area (TPSA) is 109 Å². The molecule has 0 spiro atoms. The van der Waals surface area contributed by atoms with E-state index in [4.69, 9.17) is 4.74 Å². The molecule has 0 atom stereocenters. The number of rotatable bonds is 8. The van der Waals surface area contributed by atoms with Crippen LogP contribution in [0.5, 0.6) is 0 Å². The molecule has 0 aliphatic carbocycles. The summed E-state index contributed by atoms with van der Waals surface area (Å²) in [6.07, 6.45) is -3.42. The molecule has 0 fully saturated rings. The molecule has 0 radical (unpaired) electrons. The molecule has 1 amide bonds. The van der Waals surface area contributed by atoms with Gasteiger partial charge in [-0.3, -0.25) is 9.69 Å². The van der Waals surface area contributed by atoms with Gasteiger partial charge in [-0.05, 0) is 53.1 Å². The number of hydrogen-bond acceptors (Lipinski definition) is 7. The van der Waals surface area contributed by atoms with E-state index in [9.17, 15) is 23.2 Å². The lowest BCUT2D eigenvalue weighted by atomic mass is 9.96. The number of fused-ring (bicyclic) bond motifs is 1. The van der Waals surface area contributed by atoms with Gasteiger partial charge in [0.25, 0.3) is 5.91 Å². The molecular formula is C28H23F4N7O2. The van der Waals surface area contributed by atoms with Gasteiger partial charge >= 0.3 is 6.18 Å². The highest BCUT2D eigenvalue weighted by molar-refractivity contribution is 6.10. The van der Waals surface area contributed by atoms with E-state index in [1.165, 1.54) is 42.7 Å². The Morgan fingerprint density at radius 3 is 2.61 bits per heavy atom. The molecule has 41 heavy (non-hydrogen) atoms. The molecule has 0 saturated heterocycles. The van der Waals surface area contributed by atoms with Crippen molar-refractivity contribution in [2.24, 2.45) is 7.05 Å². The molecule has 0 bridgehead atoms. The number of methoxy groups -OCH3 is 1. The van der Waals surface area contributed by atoms with Crippen molar-refractivity contribution in [1.29, 1.82) is 5.26 Å². The lowest BCUT2D eigenvalue weighted by Gasteiger charge is -2.19. The molecule has 210 valence electrons. The molecule has 2 aromatic heterocycles. The minimum atomic E-state index is -4.84. The van der Waals surface area contributed by atoms with Crippen LogP contribution in [0, 0.1) is 17.1 Å². The van der Waals surface area contributed by atoms with Crippen LogP contribution in [0.25, 0.3) is 22.5 Å². The molecule has 0 unspecified atom stereocenters. The number of carbonyl (C=O) groups excluding carboxylic acids is 1. The Kier molecular flexibility index (Phi) is 7.53. The summed E-state index contributed by atoms with van der Waals surface area (Å²) in [4.78, 5) is 18.2. The Bertz CT molecular complexity index is 1680. The van der Waals surface area contributed by atoms with Gasteiger partial charge in [-0.15, -0.1) is 10.2 Å². The number of amides is 1. The SMILES string of the molecule is COCCNCc1cc(F)c2c(c1)C(=O)N(c1cc(-c3ccc(C#N)cc3-c3nncn3C)cc(C(F)(F)F)n1)C2. The number of pyridine rings is 1. The predicted octanol–water partition coefficient (Wildman–Crippen LogP) is 4.47. The zero-order valence-electron chi connectivity index (χ0n) is 22.0. The van der Waals surface area contributed by atoms with E-state index in [2.05, 4.69) is 20.5 Å². The van der Waals surface area contributed by atoms with Crippen LogP contribution in [-0.2, 0) is 31.1 Å². The van der Waals surface area contributed by atoms with Gasteiger partial charge in [0.1, 0.15) is 23.7 Å². The molecule has 1 aliphatic heterocycles. The third-order valence-corrected chi connectivity index (χ3v) is 6.65. The average Bonchev–Trinajstić information content (AvgIpc) is 3.53. The third-order valence-electron chi connectivity index (χ3n) is 6.65. The zero-order valence-corrected chi connectivity index (χ0v) is 22.0. The van der Waals surface area contributed by atoms with Crippen molar-refractivity contribution < 1.29 is 27.1 Å². The molecule has 1 aliphatic rings. The van der Waals surface area contributed by atoms with Crippen LogP contribution in [0.3, 0.4) is 0 Å². The quantitative estimate of drug-likeness (QED) is 0.248. The fourth-order valence-corrected chi connectivity index (χ4v) is 4.65. The second-order valence-electron chi connectivity index (χ2n) is 9.40. The van der Waals surface area contributed by atoms with Gasteiger partial charge in [0, 0.05) is 43.9 Å². The summed E-state index contributed by atoms with van der Waals surface area (Å²) in [5.41, 5.74) is 0.446. The Morgan fingerprint density at radius 2 is 1.93 bits per heavy atom. The lowest BCUT2D eigenvalue weighted by Crippen LogP contribution is -2.25. The van der Waals surface area contributed by atoms with Crippen LogP contribution >= 0.6 is 0 Å². The molecule has 4 aromatic rings. The molecule has 2 aromatic carbocycles. The van der Waals surface area contributed by atoms with Crippen molar-refractivity contribution in [3.8, 4) is 28.6 Å². The van der Waals surface area contributed by atoms with Gasteiger partial charge in [0.15, 0.2) is 5.82 Å². The second-order valence-corrected chi connectivity index (χ2v) is 9.40. The number of anilines is 1. The van der Waals surface area contributed by atoms with Gasteiger partial charge in [0.05, 0.1) is 24.8 Å². The number of ether oxygens (including phenoxy) is 1. The molecule has 1 N–H and O–H groups in total. The normalized spacial score (nSPS) is 13.0. The van der Waals surface area contributed by atoms with Gasteiger partial charge < -0.3 is 14.6 Å². The first-order chi connectivity index (χ1) is 19.6. The predicted molar refractivity (Wildman–Crippen MR) is 140 cm³/mol. The van der Waals surface area contributed by atoms with E-state index < -0.39 is 23.6 Å². The molecule has 0 saturated carbocycles. The summed E-state index contributed by atoms with van der Waals surface area (Å²) in [5.74, 6) is -1.26. The van der Waals surface area contributed by atoms with Crippen molar-refractivity contribution in [3.63, 3.8) is 0 Å². The summed E-state index contributed by atoms with van der Waals surface area (Å²) in [5, 5.41) is 20.4. The minimum Gasteiger partial charge on any atom is -0.383 e.